The first kappa shape index (κ1) is 15.9. The fraction of sp³-hybridized carbons (Fsp3) is 0.467. The van der Waals surface area contributed by atoms with Gasteiger partial charge in [-0.3, -0.25) is 4.90 Å². The van der Waals surface area contributed by atoms with Gasteiger partial charge in [0.2, 0.25) is 11.8 Å². The molecule has 6 heteroatoms. The topological polar surface area (TPSA) is 62.4 Å². The third kappa shape index (κ3) is 4.27. The number of halogens is 1. The summed E-state index contributed by atoms with van der Waals surface area (Å²) in [4.78, 5) is 2.08. The van der Waals surface area contributed by atoms with Crippen molar-refractivity contribution in [1.82, 2.24) is 15.1 Å². The van der Waals surface area contributed by atoms with E-state index in [1.165, 1.54) is 0 Å². The van der Waals surface area contributed by atoms with E-state index in [4.69, 9.17) is 16.0 Å². The summed E-state index contributed by atoms with van der Waals surface area (Å²) in [5.74, 6) is 0.927. The SMILES string of the molecule is CC(O)CN(Cc1nnc(-c2ccccc2Cl)o1)C(C)C. The average molecular weight is 310 g/mol. The Morgan fingerprint density at radius 2 is 1.95 bits per heavy atom. The van der Waals surface area contributed by atoms with E-state index in [0.717, 1.165) is 5.56 Å². The highest BCUT2D eigenvalue weighted by Crippen LogP contribution is 2.26. The van der Waals surface area contributed by atoms with E-state index in [1.807, 2.05) is 18.2 Å². The molecule has 2 aromatic rings. The Labute approximate surface area is 129 Å². The van der Waals surface area contributed by atoms with Crippen LogP contribution < -0.4 is 0 Å². The van der Waals surface area contributed by atoms with Crippen molar-refractivity contribution in [1.29, 1.82) is 0 Å². The van der Waals surface area contributed by atoms with Crippen molar-refractivity contribution >= 4 is 11.6 Å². The Balaban J connectivity index is 2.14. The van der Waals surface area contributed by atoms with Crippen LogP contribution >= 0.6 is 11.6 Å². The minimum atomic E-state index is -0.404. The number of nitrogens with zero attached hydrogens (tertiary/aromatic N) is 3. The van der Waals surface area contributed by atoms with Crippen LogP contribution in [0.3, 0.4) is 0 Å². The Kier molecular flexibility index (Phi) is 5.33. The van der Waals surface area contributed by atoms with Crippen LogP contribution in [0.25, 0.3) is 11.5 Å². The fourth-order valence-electron chi connectivity index (χ4n) is 2.03. The molecule has 21 heavy (non-hydrogen) atoms. The highest BCUT2D eigenvalue weighted by Gasteiger charge is 2.17. The Hall–Kier alpha value is -1.43. The summed E-state index contributed by atoms with van der Waals surface area (Å²) in [5, 5.41) is 18.2. The van der Waals surface area contributed by atoms with E-state index in [9.17, 15) is 5.11 Å². The Bertz CT molecular complexity index is 584. The number of hydrogen-bond acceptors (Lipinski definition) is 5. The summed E-state index contributed by atoms with van der Waals surface area (Å²) < 4.78 is 5.68. The van der Waals surface area contributed by atoms with E-state index in [2.05, 4.69) is 28.9 Å². The molecule has 0 saturated heterocycles. The molecular weight excluding hydrogens is 290 g/mol. The van der Waals surface area contributed by atoms with Crippen LogP contribution in [-0.4, -0.2) is 38.9 Å². The highest BCUT2D eigenvalue weighted by molar-refractivity contribution is 6.33. The van der Waals surface area contributed by atoms with Crippen LogP contribution in [0.15, 0.2) is 28.7 Å². The number of aromatic nitrogens is 2. The van der Waals surface area contributed by atoms with Crippen molar-refractivity contribution < 1.29 is 9.52 Å². The van der Waals surface area contributed by atoms with Gasteiger partial charge in [-0.15, -0.1) is 10.2 Å². The minimum Gasteiger partial charge on any atom is -0.419 e. The number of aliphatic hydroxyl groups excluding tert-OH is 1. The van der Waals surface area contributed by atoms with Crippen molar-refractivity contribution in [3.63, 3.8) is 0 Å². The number of rotatable bonds is 6. The summed E-state index contributed by atoms with van der Waals surface area (Å²) in [6.07, 6.45) is -0.404. The molecule has 0 bridgehead atoms. The lowest BCUT2D eigenvalue weighted by Crippen LogP contribution is -2.36. The van der Waals surface area contributed by atoms with Gasteiger partial charge in [0.1, 0.15) is 0 Å². The molecule has 0 radical (unpaired) electrons. The monoisotopic (exact) mass is 309 g/mol. The predicted octanol–water partition coefficient (Wildman–Crippen LogP) is 2.98. The molecule has 0 aliphatic heterocycles. The standard InChI is InChI=1S/C15H20ClN3O2/c1-10(2)19(8-11(3)20)9-14-17-18-15(21-14)12-6-4-5-7-13(12)16/h4-7,10-11,20H,8-9H2,1-3H3. The van der Waals surface area contributed by atoms with Crippen molar-refractivity contribution in [3.05, 3.63) is 35.2 Å². The molecule has 1 unspecified atom stereocenters. The van der Waals surface area contributed by atoms with Crippen molar-refractivity contribution in [2.75, 3.05) is 6.54 Å². The quantitative estimate of drug-likeness (QED) is 0.889. The maximum Gasteiger partial charge on any atom is 0.249 e. The molecule has 0 saturated carbocycles. The van der Waals surface area contributed by atoms with Crippen LogP contribution in [0.1, 0.15) is 26.7 Å². The van der Waals surface area contributed by atoms with Crippen molar-refractivity contribution in [2.24, 2.45) is 0 Å². The Morgan fingerprint density at radius 1 is 1.24 bits per heavy atom. The first-order valence-corrected chi connectivity index (χ1v) is 7.34. The minimum absolute atomic E-state index is 0.273. The Morgan fingerprint density at radius 3 is 2.57 bits per heavy atom. The first-order chi connectivity index (χ1) is 9.97. The molecule has 0 fully saturated rings. The van der Waals surface area contributed by atoms with E-state index < -0.39 is 6.10 Å². The molecule has 5 nitrogen and oxygen atoms in total. The van der Waals surface area contributed by atoms with Crippen LogP contribution in [0.2, 0.25) is 5.02 Å². The normalized spacial score (nSPS) is 13.1. The predicted molar refractivity (Wildman–Crippen MR) is 82.0 cm³/mol. The zero-order valence-corrected chi connectivity index (χ0v) is 13.2. The molecule has 2 rings (SSSR count). The van der Waals surface area contributed by atoms with E-state index in [1.54, 1.807) is 13.0 Å². The van der Waals surface area contributed by atoms with E-state index in [0.29, 0.717) is 29.9 Å². The van der Waals surface area contributed by atoms with Crippen LogP contribution in [0.4, 0.5) is 0 Å². The largest absolute Gasteiger partial charge is 0.419 e. The van der Waals surface area contributed by atoms with Gasteiger partial charge in [0.05, 0.1) is 23.2 Å². The van der Waals surface area contributed by atoms with Gasteiger partial charge in [-0.25, -0.2) is 0 Å². The summed E-state index contributed by atoms with van der Waals surface area (Å²) in [6, 6.07) is 7.63. The summed E-state index contributed by atoms with van der Waals surface area (Å²) in [5.41, 5.74) is 0.726. The first-order valence-electron chi connectivity index (χ1n) is 6.96. The summed E-state index contributed by atoms with van der Waals surface area (Å²) >= 11 is 6.12. The van der Waals surface area contributed by atoms with E-state index in [-0.39, 0.29) is 6.04 Å². The van der Waals surface area contributed by atoms with Crippen molar-refractivity contribution in [2.45, 2.75) is 39.5 Å². The van der Waals surface area contributed by atoms with Gasteiger partial charge in [0, 0.05) is 12.6 Å². The number of hydrogen-bond donors (Lipinski definition) is 1. The molecule has 1 aromatic carbocycles. The zero-order chi connectivity index (χ0) is 15.4. The zero-order valence-electron chi connectivity index (χ0n) is 12.5. The second kappa shape index (κ2) is 7.02. The second-order valence-electron chi connectivity index (χ2n) is 5.35. The van der Waals surface area contributed by atoms with Gasteiger partial charge in [0.15, 0.2) is 0 Å². The van der Waals surface area contributed by atoms with E-state index >= 15 is 0 Å². The molecule has 0 spiro atoms. The van der Waals surface area contributed by atoms with Crippen LogP contribution in [0.5, 0.6) is 0 Å². The van der Waals surface area contributed by atoms with Gasteiger partial charge < -0.3 is 9.52 Å². The van der Waals surface area contributed by atoms with Crippen LogP contribution in [0, 0.1) is 0 Å². The van der Waals surface area contributed by atoms with Gasteiger partial charge >= 0.3 is 0 Å². The second-order valence-corrected chi connectivity index (χ2v) is 5.76. The molecule has 1 heterocycles. The number of aliphatic hydroxyl groups is 1. The van der Waals surface area contributed by atoms with Crippen LogP contribution in [-0.2, 0) is 6.54 Å². The smallest absolute Gasteiger partial charge is 0.249 e. The van der Waals surface area contributed by atoms with Crippen molar-refractivity contribution in [3.8, 4) is 11.5 Å². The maximum atomic E-state index is 9.54. The lowest BCUT2D eigenvalue weighted by Gasteiger charge is -2.25. The molecule has 1 aromatic heterocycles. The molecule has 0 aliphatic rings. The number of benzene rings is 1. The van der Waals surface area contributed by atoms with Gasteiger partial charge in [-0.1, -0.05) is 23.7 Å². The fourth-order valence-corrected chi connectivity index (χ4v) is 2.25. The molecular formula is C15H20ClN3O2. The highest BCUT2D eigenvalue weighted by atomic mass is 35.5. The summed E-state index contributed by atoms with van der Waals surface area (Å²) in [7, 11) is 0. The summed E-state index contributed by atoms with van der Waals surface area (Å²) in [6.45, 7) is 6.95. The molecule has 1 N–H and O–H groups in total. The average Bonchev–Trinajstić information content (AvgIpc) is 2.86. The molecule has 114 valence electrons. The third-order valence-corrected chi connectivity index (χ3v) is 3.47. The lowest BCUT2D eigenvalue weighted by molar-refractivity contribution is 0.0963. The third-order valence-electron chi connectivity index (χ3n) is 3.14. The molecule has 1 atom stereocenters. The van der Waals surface area contributed by atoms with Gasteiger partial charge in [-0.2, -0.15) is 0 Å². The molecule has 0 aliphatic carbocycles. The lowest BCUT2D eigenvalue weighted by atomic mass is 10.2. The molecule has 0 amide bonds. The van der Waals surface area contributed by atoms with Gasteiger partial charge in [0.25, 0.3) is 0 Å². The maximum absolute atomic E-state index is 9.54. The van der Waals surface area contributed by atoms with Gasteiger partial charge in [-0.05, 0) is 32.9 Å².